The van der Waals surface area contributed by atoms with Crippen molar-refractivity contribution >= 4 is 28.9 Å². The molecular weight excluding hydrogens is 372 g/mol. The number of nitriles is 1. The van der Waals surface area contributed by atoms with E-state index in [2.05, 4.69) is 29.0 Å². The highest BCUT2D eigenvalue weighted by Gasteiger charge is 2.14. The molecule has 4 nitrogen and oxygen atoms in total. The van der Waals surface area contributed by atoms with E-state index in [0.29, 0.717) is 11.6 Å². The lowest BCUT2D eigenvalue weighted by atomic mass is 9.96. The second-order valence-corrected chi connectivity index (χ2v) is 8.38. The maximum Gasteiger partial charge on any atom is 0.206 e. The molecule has 4 rings (SSSR count). The first-order chi connectivity index (χ1) is 13.3. The summed E-state index contributed by atoms with van der Waals surface area (Å²) in [6, 6.07) is 14.2. The van der Waals surface area contributed by atoms with Crippen LogP contribution in [0.4, 0.5) is 0 Å². The van der Waals surface area contributed by atoms with Crippen LogP contribution in [0.15, 0.2) is 57.3 Å². The molecule has 0 radical (unpaired) electrons. The highest BCUT2D eigenvalue weighted by molar-refractivity contribution is 7.14. The molecule has 0 amide bonds. The molecule has 0 spiro atoms. The van der Waals surface area contributed by atoms with Crippen molar-refractivity contribution in [3.63, 3.8) is 0 Å². The molecule has 1 aromatic carbocycles. The summed E-state index contributed by atoms with van der Waals surface area (Å²) in [7, 11) is 0. The van der Waals surface area contributed by atoms with Gasteiger partial charge in [-0.15, -0.1) is 22.7 Å². The Hall–Kier alpha value is -2.49. The number of hydrogen-bond donors (Lipinski definition) is 0. The van der Waals surface area contributed by atoms with Crippen LogP contribution in [0.2, 0.25) is 0 Å². The monoisotopic (exact) mass is 392 g/mol. The third-order valence-electron chi connectivity index (χ3n) is 4.69. The van der Waals surface area contributed by atoms with Crippen molar-refractivity contribution in [2.75, 3.05) is 0 Å². The summed E-state index contributed by atoms with van der Waals surface area (Å²) in [6.07, 6.45) is 8.05. The summed E-state index contributed by atoms with van der Waals surface area (Å²) in [6.45, 7) is 0. The molecule has 0 atom stereocenters. The Bertz CT molecular complexity index is 1010. The Morgan fingerprint density at radius 3 is 2.59 bits per heavy atom. The van der Waals surface area contributed by atoms with Crippen LogP contribution in [0.25, 0.3) is 10.6 Å². The molecule has 0 bridgehead atoms. The van der Waals surface area contributed by atoms with Crippen LogP contribution in [-0.4, -0.2) is 16.9 Å². The van der Waals surface area contributed by atoms with Crippen molar-refractivity contribution in [1.29, 1.82) is 5.26 Å². The van der Waals surface area contributed by atoms with Crippen LogP contribution < -0.4 is 4.80 Å². The fraction of sp³-hybridized carbons (Fsp3) is 0.286. The van der Waals surface area contributed by atoms with E-state index in [1.165, 1.54) is 37.0 Å². The number of thiophene rings is 1. The molecule has 27 heavy (non-hydrogen) atoms. The highest BCUT2D eigenvalue weighted by Crippen LogP contribution is 2.26. The lowest BCUT2D eigenvalue weighted by Gasteiger charge is -2.16. The summed E-state index contributed by atoms with van der Waals surface area (Å²) < 4.78 is 1.96. The fourth-order valence-corrected chi connectivity index (χ4v) is 4.93. The maximum absolute atomic E-state index is 8.95. The van der Waals surface area contributed by atoms with Crippen LogP contribution >= 0.6 is 22.7 Å². The van der Waals surface area contributed by atoms with Crippen molar-refractivity contribution in [2.24, 2.45) is 10.1 Å². The normalized spacial score (nSPS) is 16.0. The van der Waals surface area contributed by atoms with Crippen LogP contribution in [-0.2, 0) is 0 Å². The quantitative estimate of drug-likeness (QED) is 0.558. The van der Waals surface area contributed by atoms with Gasteiger partial charge in [-0.3, -0.25) is 4.99 Å². The molecule has 0 N–H and O–H groups in total. The Labute approximate surface area is 166 Å². The zero-order chi connectivity index (χ0) is 18.5. The van der Waals surface area contributed by atoms with Crippen molar-refractivity contribution in [1.82, 2.24) is 4.68 Å². The number of thiazole rings is 1. The van der Waals surface area contributed by atoms with E-state index < -0.39 is 0 Å². The third-order valence-corrected chi connectivity index (χ3v) is 6.41. The number of hydrogen-bond acceptors (Lipinski definition) is 5. The van der Waals surface area contributed by atoms with Gasteiger partial charge >= 0.3 is 0 Å². The van der Waals surface area contributed by atoms with E-state index in [9.17, 15) is 0 Å². The van der Waals surface area contributed by atoms with E-state index >= 15 is 0 Å². The molecule has 0 saturated heterocycles. The second kappa shape index (κ2) is 8.47. The van der Waals surface area contributed by atoms with E-state index in [0.717, 1.165) is 16.1 Å². The van der Waals surface area contributed by atoms with Crippen molar-refractivity contribution in [3.8, 4) is 16.6 Å². The Morgan fingerprint density at radius 2 is 1.89 bits per heavy atom. The standard InChI is InChI=1S/C21H20N4S2/c22-13-16-8-10-17(11-9-16)14-23-25-19(20-7-4-12-26-20)15-27-21(25)24-18-5-2-1-3-6-18/h4,7-12,14-15,18H,1-3,5-6H2. The van der Waals surface area contributed by atoms with Gasteiger partial charge in [0.1, 0.15) is 0 Å². The predicted octanol–water partition coefficient (Wildman–Crippen LogP) is 5.27. The smallest absolute Gasteiger partial charge is 0.206 e. The molecule has 1 aliphatic rings. The summed E-state index contributed by atoms with van der Waals surface area (Å²) in [5, 5.41) is 17.9. The van der Waals surface area contributed by atoms with Crippen LogP contribution in [0.3, 0.4) is 0 Å². The summed E-state index contributed by atoms with van der Waals surface area (Å²) in [4.78, 5) is 7.16. The Morgan fingerprint density at radius 1 is 1.07 bits per heavy atom. The lowest BCUT2D eigenvalue weighted by molar-refractivity contribution is 0.435. The molecule has 2 aromatic heterocycles. The van der Waals surface area contributed by atoms with Gasteiger partial charge in [-0.2, -0.15) is 10.4 Å². The van der Waals surface area contributed by atoms with E-state index in [-0.39, 0.29) is 0 Å². The van der Waals surface area contributed by atoms with Crippen LogP contribution in [0, 0.1) is 11.3 Å². The predicted molar refractivity (Wildman–Crippen MR) is 112 cm³/mol. The summed E-state index contributed by atoms with van der Waals surface area (Å²) in [5.41, 5.74) is 2.70. The van der Waals surface area contributed by atoms with Crippen molar-refractivity contribution in [2.45, 2.75) is 38.1 Å². The van der Waals surface area contributed by atoms with Gasteiger partial charge in [0.2, 0.25) is 4.80 Å². The van der Waals surface area contributed by atoms with Crippen molar-refractivity contribution in [3.05, 3.63) is 63.1 Å². The zero-order valence-electron chi connectivity index (χ0n) is 14.9. The molecule has 1 aliphatic carbocycles. The van der Waals surface area contributed by atoms with Gasteiger partial charge in [-0.1, -0.05) is 37.5 Å². The number of benzene rings is 1. The van der Waals surface area contributed by atoms with Gasteiger partial charge in [0.05, 0.1) is 34.5 Å². The summed E-state index contributed by atoms with van der Waals surface area (Å²) >= 11 is 3.37. The van der Waals surface area contributed by atoms with Gasteiger partial charge in [0.25, 0.3) is 0 Å². The maximum atomic E-state index is 8.95. The average Bonchev–Trinajstić information content (AvgIpc) is 3.37. The minimum absolute atomic E-state index is 0.407. The van der Waals surface area contributed by atoms with Gasteiger partial charge in [-0.05, 0) is 42.0 Å². The van der Waals surface area contributed by atoms with Gasteiger partial charge in [-0.25, -0.2) is 4.68 Å². The molecule has 1 fully saturated rings. The Balaban J connectivity index is 1.71. The highest BCUT2D eigenvalue weighted by atomic mass is 32.1. The third kappa shape index (κ3) is 4.26. The van der Waals surface area contributed by atoms with E-state index in [4.69, 9.17) is 15.4 Å². The fourth-order valence-electron chi connectivity index (χ4n) is 3.23. The molecule has 0 unspecified atom stereocenters. The first-order valence-electron chi connectivity index (χ1n) is 9.16. The first kappa shape index (κ1) is 17.9. The first-order valence-corrected chi connectivity index (χ1v) is 10.9. The van der Waals surface area contributed by atoms with Gasteiger partial charge in [0, 0.05) is 5.38 Å². The lowest BCUT2D eigenvalue weighted by Crippen LogP contribution is -2.18. The molecule has 6 heteroatoms. The topological polar surface area (TPSA) is 53.4 Å². The average molecular weight is 393 g/mol. The second-order valence-electron chi connectivity index (χ2n) is 6.59. The van der Waals surface area contributed by atoms with E-state index in [1.54, 1.807) is 22.7 Å². The molecule has 2 heterocycles. The summed E-state index contributed by atoms with van der Waals surface area (Å²) in [5.74, 6) is 0. The zero-order valence-corrected chi connectivity index (χ0v) is 16.5. The SMILES string of the molecule is N#Cc1ccc(C=Nn2c(-c3cccs3)csc2=NC2CCCCC2)cc1. The van der Waals surface area contributed by atoms with Gasteiger partial charge < -0.3 is 0 Å². The molecular formula is C21H20N4S2. The van der Waals surface area contributed by atoms with Crippen LogP contribution in [0.1, 0.15) is 43.2 Å². The van der Waals surface area contributed by atoms with Gasteiger partial charge in [0.15, 0.2) is 0 Å². The number of rotatable bonds is 4. The number of aromatic nitrogens is 1. The van der Waals surface area contributed by atoms with E-state index in [1.807, 2.05) is 35.2 Å². The molecule has 1 saturated carbocycles. The minimum atomic E-state index is 0.407. The Kier molecular flexibility index (Phi) is 5.61. The van der Waals surface area contributed by atoms with Crippen LogP contribution in [0.5, 0.6) is 0 Å². The molecule has 3 aromatic rings. The minimum Gasteiger partial charge on any atom is -0.254 e. The van der Waals surface area contributed by atoms with Crippen molar-refractivity contribution < 1.29 is 0 Å². The molecule has 136 valence electrons. The number of nitrogens with zero attached hydrogens (tertiary/aromatic N) is 4. The molecule has 0 aliphatic heterocycles. The largest absolute Gasteiger partial charge is 0.254 e.